The predicted octanol–water partition coefficient (Wildman–Crippen LogP) is 2.65. The molecule has 0 aliphatic carbocycles. The molecule has 8 nitrogen and oxygen atoms in total. The fourth-order valence-corrected chi connectivity index (χ4v) is 3.27. The molecule has 1 aliphatic heterocycles. The number of nitrogens with zero attached hydrogens (tertiary/aromatic N) is 3. The molecule has 8 heteroatoms. The number of methoxy groups -OCH3 is 1. The summed E-state index contributed by atoms with van der Waals surface area (Å²) in [6.07, 6.45) is 0.251. The second-order valence-corrected chi connectivity index (χ2v) is 8.08. The number of amides is 2. The first-order valence-electron chi connectivity index (χ1n) is 9.61. The van der Waals surface area contributed by atoms with E-state index in [9.17, 15) is 9.59 Å². The van der Waals surface area contributed by atoms with E-state index < -0.39 is 5.60 Å². The molecule has 0 saturated carbocycles. The molecule has 0 fully saturated rings. The summed E-state index contributed by atoms with van der Waals surface area (Å²) >= 11 is 0. The third kappa shape index (κ3) is 4.88. The molecule has 3 rings (SSSR count). The Labute approximate surface area is 170 Å². The predicted molar refractivity (Wildman–Crippen MR) is 108 cm³/mol. The minimum absolute atomic E-state index is 0.260. The van der Waals surface area contributed by atoms with Crippen LogP contribution in [0.25, 0.3) is 0 Å². The molecule has 1 aromatic heterocycles. The van der Waals surface area contributed by atoms with E-state index in [0.717, 1.165) is 22.6 Å². The van der Waals surface area contributed by atoms with Gasteiger partial charge in [0, 0.05) is 37.8 Å². The first-order chi connectivity index (χ1) is 13.7. The maximum Gasteiger partial charge on any atom is 0.410 e. The number of rotatable bonds is 4. The maximum absolute atomic E-state index is 12.8. The van der Waals surface area contributed by atoms with Crippen molar-refractivity contribution < 1.29 is 19.1 Å². The zero-order chi connectivity index (χ0) is 21.2. The summed E-state index contributed by atoms with van der Waals surface area (Å²) in [5.74, 6) is 0.504. The van der Waals surface area contributed by atoms with Crippen molar-refractivity contribution in [2.24, 2.45) is 7.05 Å². The minimum Gasteiger partial charge on any atom is -0.497 e. The standard InChI is InChI=1S/C21H28N4O4/c1-21(2,3)29-20(27)25-11-10-17-16(13-25)18(23-24(17)4)19(26)22-12-14-6-8-15(28-5)9-7-14/h6-9H,10-13H2,1-5H3,(H,22,26). The van der Waals surface area contributed by atoms with Crippen LogP contribution < -0.4 is 10.1 Å². The lowest BCUT2D eigenvalue weighted by Crippen LogP contribution is -2.40. The topological polar surface area (TPSA) is 85.7 Å². The number of hydrogen-bond donors (Lipinski definition) is 1. The first kappa shape index (κ1) is 20.7. The summed E-state index contributed by atoms with van der Waals surface area (Å²) < 4.78 is 12.3. The van der Waals surface area contributed by atoms with Crippen LogP contribution in [0.4, 0.5) is 4.79 Å². The molecule has 0 atom stereocenters. The van der Waals surface area contributed by atoms with E-state index in [1.54, 1.807) is 16.7 Å². The summed E-state index contributed by atoms with van der Waals surface area (Å²) in [4.78, 5) is 26.8. The zero-order valence-corrected chi connectivity index (χ0v) is 17.6. The number of carbonyl (C=O) groups excluding carboxylic acids is 2. The van der Waals surface area contributed by atoms with Crippen LogP contribution in [0.5, 0.6) is 5.75 Å². The SMILES string of the molecule is COc1ccc(CNC(=O)c2nn(C)c3c2CN(C(=O)OC(C)(C)C)CC3)cc1. The van der Waals surface area contributed by atoms with E-state index in [4.69, 9.17) is 9.47 Å². The fraction of sp³-hybridized carbons (Fsp3) is 0.476. The molecule has 2 heterocycles. The van der Waals surface area contributed by atoms with Gasteiger partial charge in [0.1, 0.15) is 11.4 Å². The molecule has 29 heavy (non-hydrogen) atoms. The number of aryl methyl sites for hydroxylation is 1. The third-order valence-electron chi connectivity index (χ3n) is 4.72. The zero-order valence-electron chi connectivity index (χ0n) is 17.6. The van der Waals surface area contributed by atoms with Gasteiger partial charge in [0.05, 0.1) is 13.7 Å². The van der Waals surface area contributed by atoms with Gasteiger partial charge >= 0.3 is 6.09 Å². The van der Waals surface area contributed by atoms with Gasteiger partial charge in [0.25, 0.3) is 5.91 Å². The Balaban J connectivity index is 1.71. The highest BCUT2D eigenvalue weighted by Crippen LogP contribution is 2.24. The van der Waals surface area contributed by atoms with Crippen LogP contribution in [0.2, 0.25) is 0 Å². The Morgan fingerprint density at radius 3 is 2.52 bits per heavy atom. The molecule has 1 aromatic carbocycles. The molecule has 2 amide bonds. The summed E-state index contributed by atoms with van der Waals surface area (Å²) in [5.41, 5.74) is 2.49. The fourth-order valence-electron chi connectivity index (χ4n) is 3.27. The van der Waals surface area contributed by atoms with Gasteiger partial charge in [0.15, 0.2) is 5.69 Å². The highest BCUT2D eigenvalue weighted by atomic mass is 16.6. The molecule has 0 bridgehead atoms. The molecule has 0 radical (unpaired) electrons. The van der Waals surface area contributed by atoms with Crippen LogP contribution in [-0.2, 0) is 31.3 Å². The summed E-state index contributed by atoms with van der Waals surface area (Å²) in [5, 5.41) is 7.31. The average molecular weight is 400 g/mol. The lowest BCUT2D eigenvalue weighted by Gasteiger charge is -2.30. The van der Waals surface area contributed by atoms with Crippen molar-refractivity contribution in [1.29, 1.82) is 0 Å². The maximum atomic E-state index is 12.8. The Hall–Kier alpha value is -3.03. The van der Waals surface area contributed by atoms with E-state index >= 15 is 0 Å². The highest BCUT2D eigenvalue weighted by molar-refractivity contribution is 5.94. The molecule has 0 saturated heterocycles. The Bertz CT molecular complexity index is 897. The largest absolute Gasteiger partial charge is 0.497 e. The number of benzene rings is 1. The van der Waals surface area contributed by atoms with Gasteiger partial charge in [0.2, 0.25) is 0 Å². The second-order valence-electron chi connectivity index (χ2n) is 8.08. The van der Waals surface area contributed by atoms with Gasteiger partial charge in [-0.2, -0.15) is 5.10 Å². The van der Waals surface area contributed by atoms with Crippen LogP contribution >= 0.6 is 0 Å². The number of nitrogens with one attached hydrogen (secondary N) is 1. The minimum atomic E-state index is -0.565. The van der Waals surface area contributed by atoms with Crippen molar-refractivity contribution in [3.63, 3.8) is 0 Å². The van der Waals surface area contributed by atoms with Crippen LogP contribution in [0.1, 0.15) is 48.1 Å². The summed E-state index contributed by atoms with van der Waals surface area (Å²) in [7, 11) is 3.43. The van der Waals surface area contributed by atoms with Crippen molar-refractivity contribution in [2.75, 3.05) is 13.7 Å². The number of ether oxygens (including phenoxy) is 2. The van der Waals surface area contributed by atoms with Gasteiger partial charge in [-0.15, -0.1) is 0 Å². The van der Waals surface area contributed by atoms with Crippen molar-refractivity contribution in [2.45, 2.75) is 45.9 Å². The number of fused-ring (bicyclic) bond motifs is 1. The highest BCUT2D eigenvalue weighted by Gasteiger charge is 2.31. The summed E-state index contributed by atoms with van der Waals surface area (Å²) in [6.45, 7) is 6.73. The van der Waals surface area contributed by atoms with Crippen LogP contribution in [0.3, 0.4) is 0 Å². The van der Waals surface area contributed by atoms with Crippen LogP contribution in [0, 0.1) is 0 Å². The molecule has 1 aliphatic rings. The van der Waals surface area contributed by atoms with Crippen molar-refractivity contribution in [3.8, 4) is 5.75 Å². The molecule has 2 aromatic rings. The van der Waals surface area contributed by atoms with Crippen molar-refractivity contribution >= 4 is 12.0 Å². The summed E-state index contributed by atoms with van der Waals surface area (Å²) in [6, 6.07) is 7.50. The van der Waals surface area contributed by atoms with E-state index in [1.165, 1.54) is 0 Å². The smallest absolute Gasteiger partial charge is 0.410 e. The number of carbonyl (C=O) groups is 2. The molecular formula is C21H28N4O4. The monoisotopic (exact) mass is 400 g/mol. The van der Waals surface area contributed by atoms with Gasteiger partial charge in [-0.1, -0.05) is 12.1 Å². The molecule has 0 unspecified atom stereocenters. The van der Waals surface area contributed by atoms with Crippen LogP contribution in [0.15, 0.2) is 24.3 Å². The van der Waals surface area contributed by atoms with E-state index in [-0.39, 0.29) is 12.0 Å². The van der Waals surface area contributed by atoms with Gasteiger partial charge in [-0.3, -0.25) is 9.48 Å². The average Bonchev–Trinajstić information content (AvgIpc) is 3.01. The van der Waals surface area contributed by atoms with E-state index in [2.05, 4.69) is 10.4 Å². The normalized spacial score (nSPS) is 13.6. The van der Waals surface area contributed by atoms with Crippen molar-refractivity contribution in [1.82, 2.24) is 20.0 Å². The van der Waals surface area contributed by atoms with Crippen LogP contribution in [-0.4, -0.2) is 45.9 Å². The molecular weight excluding hydrogens is 372 g/mol. The number of aromatic nitrogens is 2. The van der Waals surface area contributed by atoms with E-state index in [0.29, 0.717) is 31.7 Å². The van der Waals surface area contributed by atoms with Crippen molar-refractivity contribution in [3.05, 3.63) is 46.8 Å². The van der Waals surface area contributed by atoms with Gasteiger partial charge in [-0.25, -0.2) is 4.79 Å². The van der Waals surface area contributed by atoms with Gasteiger partial charge in [-0.05, 0) is 38.5 Å². The second kappa shape index (κ2) is 8.14. The Kier molecular flexibility index (Phi) is 5.81. The lowest BCUT2D eigenvalue weighted by atomic mass is 10.0. The quantitative estimate of drug-likeness (QED) is 0.853. The molecule has 156 valence electrons. The van der Waals surface area contributed by atoms with E-state index in [1.807, 2.05) is 52.1 Å². The third-order valence-corrected chi connectivity index (χ3v) is 4.72. The van der Waals surface area contributed by atoms with Gasteiger partial charge < -0.3 is 19.7 Å². The Morgan fingerprint density at radius 1 is 1.21 bits per heavy atom. The number of hydrogen-bond acceptors (Lipinski definition) is 5. The first-order valence-corrected chi connectivity index (χ1v) is 9.61. The lowest BCUT2D eigenvalue weighted by molar-refractivity contribution is 0.0221. The molecule has 0 spiro atoms. The Morgan fingerprint density at radius 2 is 1.90 bits per heavy atom. The molecule has 1 N–H and O–H groups in total.